The van der Waals surface area contributed by atoms with Crippen molar-refractivity contribution in [3.05, 3.63) is 29.8 Å². The summed E-state index contributed by atoms with van der Waals surface area (Å²) < 4.78 is 25.6. The maximum atomic E-state index is 11.8. The number of carbonyl (C=O) groups excluding carboxylic acids is 1. The number of sulfonamides is 1. The Bertz CT molecular complexity index is 498. The van der Waals surface area contributed by atoms with Gasteiger partial charge in [-0.1, -0.05) is 17.7 Å². The van der Waals surface area contributed by atoms with Crippen LogP contribution in [0.15, 0.2) is 29.2 Å². The van der Waals surface area contributed by atoms with E-state index < -0.39 is 16.1 Å². The van der Waals surface area contributed by atoms with E-state index in [9.17, 15) is 13.2 Å². The number of benzene rings is 1. The van der Waals surface area contributed by atoms with Crippen molar-refractivity contribution >= 4 is 27.8 Å². The molecule has 0 aliphatic carbocycles. The summed E-state index contributed by atoms with van der Waals surface area (Å²) in [6.07, 6.45) is 1.91. The topological polar surface area (TPSA) is 75.3 Å². The van der Waals surface area contributed by atoms with Crippen molar-refractivity contribution < 1.29 is 13.2 Å². The number of carbonyl (C=O) groups is 1. The van der Waals surface area contributed by atoms with Gasteiger partial charge < -0.3 is 5.32 Å². The van der Waals surface area contributed by atoms with Crippen molar-refractivity contribution in [2.24, 2.45) is 0 Å². The zero-order chi connectivity index (χ0) is 13.6. The first-order chi connectivity index (χ1) is 8.45. The first-order valence-electron chi connectivity index (χ1n) is 5.32. The summed E-state index contributed by atoms with van der Waals surface area (Å²) in [5.41, 5.74) is 0.957. The zero-order valence-electron chi connectivity index (χ0n) is 10.3. The molecule has 0 saturated carbocycles. The van der Waals surface area contributed by atoms with Crippen molar-refractivity contribution in [3.63, 3.8) is 0 Å². The average Bonchev–Trinajstić information content (AvgIpc) is 2.29. The third-order valence-corrected chi connectivity index (χ3v) is 4.11. The number of hydrogen-bond donors (Lipinski definition) is 2. The highest BCUT2D eigenvalue weighted by atomic mass is 32.2. The molecule has 100 valence electrons. The molecular weight excluding hydrogens is 272 g/mol. The normalized spacial score (nSPS) is 11.0. The second kappa shape index (κ2) is 6.65. The van der Waals surface area contributed by atoms with Crippen LogP contribution in [0.1, 0.15) is 5.56 Å². The van der Waals surface area contributed by atoms with Crippen LogP contribution in [0.2, 0.25) is 0 Å². The summed E-state index contributed by atoms with van der Waals surface area (Å²) in [7, 11) is -3.78. The van der Waals surface area contributed by atoms with E-state index in [4.69, 9.17) is 0 Å². The van der Waals surface area contributed by atoms with Gasteiger partial charge in [-0.15, -0.1) is 0 Å². The van der Waals surface area contributed by atoms with Gasteiger partial charge in [0.25, 0.3) is 10.0 Å². The predicted octanol–water partition coefficient (Wildman–Crippen LogP) is 1.35. The molecule has 0 radical (unpaired) electrons. The standard InChI is InChI=1S/C11H16N2O3S2/c1-9-3-5-10(6-4-9)18(15,16)13-11(14)12-7-8-17-2/h3-6H,7-8H2,1-2H3,(H2,12,13,14). The van der Waals surface area contributed by atoms with Gasteiger partial charge in [0.2, 0.25) is 0 Å². The Kier molecular flexibility index (Phi) is 5.49. The molecule has 0 aliphatic heterocycles. The molecule has 0 spiro atoms. The molecule has 0 unspecified atom stereocenters. The van der Waals surface area contributed by atoms with Gasteiger partial charge in [0.1, 0.15) is 0 Å². The SMILES string of the molecule is CSCCNC(=O)NS(=O)(=O)c1ccc(C)cc1. The Balaban J connectivity index is 2.64. The summed E-state index contributed by atoms with van der Waals surface area (Å²) in [6.45, 7) is 2.29. The first-order valence-corrected chi connectivity index (χ1v) is 8.19. The Morgan fingerprint density at radius 2 is 1.89 bits per heavy atom. The molecule has 2 N–H and O–H groups in total. The quantitative estimate of drug-likeness (QED) is 0.802. The number of aryl methyl sites for hydroxylation is 1. The largest absolute Gasteiger partial charge is 0.336 e. The lowest BCUT2D eigenvalue weighted by Gasteiger charge is -2.08. The van der Waals surface area contributed by atoms with E-state index in [1.807, 2.05) is 17.9 Å². The minimum Gasteiger partial charge on any atom is -0.336 e. The van der Waals surface area contributed by atoms with Gasteiger partial charge in [-0.05, 0) is 25.3 Å². The van der Waals surface area contributed by atoms with Gasteiger partial charge >= 0.3 is 6.03 Å². The van der Waals surface area contributed by atoms with Crippen LogP contribution in [0.25, 0.3) is 0 Å². The van der Waals surface area contributed by atoms with Gasteiger partial charge in [0.05, 0.1) is 4.90 Å². The van der Waals surface area contributed by atoms with Crippen LogP contribution in [-0.2, 0) is 10.0 Å². The van der Waals surface area contributed by atoms with Crippen molar-refractivity contribution in [2.45, 2.75) is 11.8 Å². The third-order valence-electron chi connectivity index (χ3n) is 2.15. The van der Waals surface area contributed by atoms with Crippen LogP contribution in [0.3, 0.4) is 0 Å². The van der Waals surface area contributed by atoms with Gasteiger partial charge in [0.15, 0.2) is 0 Å². The van der Waals surface area contributed by atoms with Crippen LogP contribution in [0.5, 0.6) is 0 Å². The minimum atomic E-state index is -3.78. The van der Waals surface area contributed by atoms with Crippen LogP contribution < -0.4 is 10.0 Å². The van der Waals surface area contributed by atoms with Crippen LogP contribution >= 0.6 is 11.8 Å². The molecule has 1 aromatic rings. The number of thioether (sulfide) groups is 1. The number of hydrogen-bond acceptors (Lipinski definition) is 4. The zero-order valence-corrected chi connectivity index (χ0v) is 11.9. The molecule has 7 heteroatoms. The Labute approximate surface area is 111 Å². The number of urea groups is 1. The molecule has 0 bridgehead atoms. The lowest BCUT2D eigenvalue weighted by atomic mass is 10.2. The average molecular weight is 288 g/mol. The fourth-order valence-electron chi connectivity index (χ4n) is 1.20. The molecule has 2 amide bonds. The fourth-order valence-corrected chi connectivity index (χ4v) is 2.44. The predicted molar refractivity (Wildman–Crippen MR) is 73.3 cm³/mol. The maximum absolute atomic E-state index is 11.8. The van der Waals surface area contributed by atoms with E-state index in [0.717, 1.165) is 11.3 Å². The van der Waals surface area contributed by atoms with Gasteiger partial charge in [0, 0.05) is 12.3 Å². The molecule has 0 fully saturated rings. The second-order valence-corrected chi connectivity index (χ2v) is 6.34. The van der Waals surface area contributed by atoms with Crippen LogP contribution in [-0.4, -0.2) is 33.0 Å². The number of rotatable bonds is 5. The molecule has 0 heterocycles. The third kappa shape index (κ3) is 4.58. The molecule has 0 aliphatic rings. The molecule has 0 aromatic heterocycles. The minimum absolute atomic E-state index is 0.0770. The Morgan fingerprint density at radius 1 is 1.28 bits per heavy atom. The lowest BCUT2D eigenvalue weighted by molar-refractivity contribution is 0.246. The molecule has 5 nitrogen and oxygen atoms in total. The van der Waals surface area contributed by atoms with E-state index >= 15 is 0 Å². The Hall–Kier alpha value is -1.21. The highest BCUT2D eigenvalue weighted by molar-refractivity contribution is 7.98. The van der Waals surface area contributed by atoms with Crippen molar-refractivity contribution in [1.29, 1.82) is 0 Å². The number of amides is 2. The van der Waals surface area contributed by atoms with E-state index in [-0.39, 0.29) is 4.90 Å². The Morgan fingerprint density at radius 3 is 2.44 bits per heavy atom. The number of nitrogens with one attached hydrogen (secondary N) is 2. The highest BCUT2D eigenvalue weighted by Gasteiger charge is 2.16. The summed E-state index contributed by atoms with van der Waals surface area (Å²) in [5, 5.41) is 2.47. The summed E-state index contributed by atoms with van der Waals surface area (Å²) in [4.78, 5) is 11.4. The van der Waals surface area contributed by atoms with E-state index in [2.05, 4.69) is 5.32 Å². The van der Waals surface area contributed by atoms with Crippen molar-refractivity contribution in [2.75, 3.05) is 18.6 Å². The van der Waals surface area contributed by atoms with Gasteiger partial charge in [-0.2, -0.15) is 11.8 Å². The summed E-state index contributed by atoms with van der Waals surface area (Å²) in [6, 6.07) is 5.59. The summed E-state index contributed by atoms with van der Waals surface area (Å²) >= 11 is 1.57. The fraction of sp³-hybridized carbons (Fsp3) is 0.364. The molecule has 0 saturated heterocycles. The maximum Gasteiger partial charge on any atom is 0.328 e. The second-order valence-electron chi connectivity index (χ2n) is 3.67. The van der Waals surface area contributed by atoms with Crippen LogP contribution in [0.4, 0.5) is 4.79 Å². The lowest BCUT2D eigenvalue weighted by Crippen LogP contribution is -2.40. The van der Waals surface area contributed by atoms with Crippen LogP contribution in [0, 0.1) is 6.92 Å². The molecular formula is C11H16N2O3S2. The van der Waals surface area contributed by atoms with E-state index in [0.29, 0.717) is 6.54 Å². The molecule has 1 rings (SSSR count). The smallest absolute Gasteiger partial charge is 0.328 e. The highest BCUT2D eigenvalue weighted by Crippen LogP contribution is 2.09. The van der Waals surface area contributed by atoms with Crippen molar-refractivity contribution in [3.8, 4) is 0 Å². The van der Waals surface area contributed by atoms with E-state index in [1.54, 1.807) is 23.9 Å². The molecule has 18 heavy (non-hydrogen) atoms. The van der Waals surface area contributed by atoms with Crippen molar-refractivity contribution in [1.82, 2.24) is 10.0 Å². The molecule has 0 atom stereocenters. The van der Waals surface area contributed by atoms with E-state index in [1.165, 1.54) is 12.1 Å². The monoisotopic (exact) mass is 288 g/mol. The first kappa shape index (κ1) is 14.8. The van der Waals surface area contributed by atoms with Gasteiger partial charge in [-0.3, -0.25) is 0 Å². The van der Waals surface area contributed by atoms with Gasteiger partial charge in [-0.25, -0.2) is 17.9 Å². The summed E-state index contributed by atoms with van der Waals surface area (Å²) in [5.74, 6) is 0.734. The molecule has 1 aromatic carbocycles.